The first-order chi connectivity index (χ1) is 3.12. The van der Waals surface area contributed by atoms with Gasteiger partial charge in [0.2, 0.25) is 0 Å². The van der Waals surface area contributed by atoms with Crippen LogP contribution in [0.3, 0.4) is 0 Å². The van der Waals surface area contributed by atoms with Crippen LogP contribution in [0.5, 0.6) is 0 Å². The van der Waals surface area contributed by atoms with E-state index in [4.69, 9.17) is 0 Å². The molecule has 4 heteroatoms. The second-order valence-electron chi connectivity index (χ2n) is 1.01. The maximum absolute atomic E-state index is 10.1. The van der Waals surface area contributed by atoms with Crippen molar-refractivity contribution in [3.05, 3.63) is 0 Å². The van der Waals surface area contributed by atoms with Crippen molar-refractivity contribution in [2.24, 2.45) is 0 Å². The van der Waals surface area contributed by atoms with Gasteiger partial charge in [-0.15, -0.1) is 0 Å². The molecule has 3 nitrogen and oxygen atoms in total. The summed E-state index contributed by atoms with van der Waals surface area (Å²) in [5.41, 5.74) is 0. The molecule has 0 aliphatic rings. The van der Waals surface area contributed by atoms with Crippen molar-refractivity contribution in [2.75, 3.05) is 12.9 Å². The quantitative estimate of drug-likeness (QED) is 0.528. The summed E-state index contributed by atoms with van der Waals surface area (Å²) in [5, 5.41) is 0. The molecule has 0 aromatic heterocycles. The highest BCUT2D eigenvalue weighted by molar-refractivity contribution is 7.86. The van der Waals surface area contributed by atoms with E-state index in [0.29, 0.717) is 0 Å². The van der Waals surface area contributed by atoms with E-state index >= 15 is 0 Å². The SMILES string of the molecule is C.CCS(=O)(=O)OC. The normalized spacial score (nSPS) is 10.2. The van der Waals surface area contributed by atoms with Crippen molar-refractivity contribution in [3.63, 3.8) is 0 Å². The van der Waals surface area contributed by atoms with Crippen LogP contribution in [0.2, 0.25) is 0 Å². The Bertz CT molecular complexity index is 114. The second-order valence-corrected chi connectivity index (χ2v) is 3.04. The van der Waals surface area contributed by atoms with Gasteiger partial charge in [0.05, 0.1) is 12.9 Å². The molecule has 0 bridgehead atoms. The lowest BCUT2D eigenvalue weighted by molar-refractivity contribution is 0.399. The lowest BCUT2D eigenvalue weighted by Gasteiger charge is -1.90. The molecule has 0 unspecified atom stereocenters. The summed E-state index contributed by atoms with van der Waals surface area (Å²) < 4.78 is 24.4. The molecule has 0 atom stereocenters. The molecular weight excluding hydrogens is 128 g/mol. The Labute approximate surface area is 50.8 Å². The van der Waals surface area contributed by atoms with Crippen molar-refractivity contribution in [3.8, 4) is 0 Å². The molecule has 0 fully saturated rings. The zero-order valence-corrected chi connectivity index (χ0v) is 5.16. The van der Waals surface area contributed by atoms with Crippen LogP contribution in [0.4, 0.5) is 0 Å². The Morgan fingerprint density at radius 1 is 1.50 bits per heavy atom. The van der Waals surface area contributed by atoms with Crippen LogP contribution in [-0.4, -0.2) is 21.3 Å². The molecule has 0 spiro atoms. The molecule has 0 aromatic carbocycles. The monoisotopic (exact) mass is 140 g/mol. The van der Waals surface area contributed by atoms with Crippen LogP contribution in [0.25, 0.3) is 0 Å². The van der Waals surface area contributed by atoms with E-state index in [-0.39, 0.29) is 13.2 Å². The summed E-state index contributed by atoms with van der Waals surface area (Å²) >= 11 is 0. The molecule has 0 saturated carbocycles. The Morgan fingerprint density at radius 2 is 1.88 bits per heavy atom. The van der Waals surface area contributed by atoms with E-state index in [1.807, 2.05) is 0 Å². The van der Waals surface area contributed by atoms with Gasteiger partial charge < -0.3 is 0 Å². The molecule has 0 amide bonds. The molecule has 8 heavy (non-hydrogen) atoms. The number of hydrogen-bond donors (Lipinski definition) is 0. The van der Waals surface area contributed by atoms with E-state index < -0.39 is 10.1 Å². The molecule has 0 saturated heterocycles. The maximum atomic E-state index is 10.1. The third kappa shape index (κ3) is 4.08. The van der Waals surface area contributed by atoms with Gasteiger partial charge in [-0.3, -0.25) is 4.18 Å². The zero-order valence-electron chi connectivity index (χ0n) is 4.34. The minimum atomic E-state index is -3.16. The highest BCUT2D eigenvalue weighted by atomic mass is 32.2. The fraction of sp³-hybridized carbons (Fsp3) is 1.00. The van der Waals surface area contributed by atoms with Crippen LogP contribution < -0.4 is 0 Å². The summed E-state index contributed by atoms with van der Waals surface area (Å²) in [7, 11) is -2.01. The van der Waals surface area contributed by atoms with E-state index in [9.17, 15) is 8.42 Å². The van der Waals surface area contributed by atoms with E-state index in [0.717, 1.165) is 7.11 Å². The topological polar surface area (TPSA) is 43.4 Å². The molecule has 0 aliphatic carbocycles. The lowest BCUT2D eigenvalue weighted by atomic mass is 11.0. The van der Waals surface area contributed by atoms with Crippen LogP contribution in [0, 0.1) is 0 Å². The van der Waals surface area contributed by atoms with Gasteiger partial charge in [-0.05, 0) is 6.92 Å². The smallest absolute Gasteiger partial charge is 0.266 e. The third-order valence-electron chi connectivity index (χ3n) is 0.607. The van der Waals surface area contributed by atoms with Gasteiger partial charge in [0.1, 0.15) is 0 Å². The fourth-order valence-electron chi connectivity index (χ4n) is 0.118. The predicted molar refractivity (Wildman–Crippen MR) is 33.2 cm³/mol. The average Bonchev–Trinajstić information content (AvgIpc) is 1.68. The summed E-state index contributed by atoms with van der Waals surface area (Å²) in [5.74, 6) is 0.0451. The largest absolute Gasteiger partial charge is 0.273 e. The first-order valence-electron chi connectivity index (χ1n) is 1.90. The molecular formula is C4H12O3S. The van der Waals surface area contributed by atoms with Crippen molar-refractivity contribution < 1.29 is 12.6 Å². The van der Waals surface area contributed by atoms with Crippen LogP contribution in [0.15, 0.2) is 0 Å². The first kappa shape index (κ1) is 10.8. The Balaban J connectivity index is 0. The highest BCUT2D eigenvalue weighted by Gasteiger charge is 2.00. The van der Waals surface area contributed by atoms with Crippen molar-refractivity contribution >= 4 is 10.1 Å². The van der Waals surface area contributed by atoms with Gasteiger partial charge >= 0.3 is 0 Å². The minimum Gasteiger partial charge on any atom is -0.273 e. The third-order valence-corrected chi connectivity index (χ3v) is 1.82. The average molecular weight is 140 g/mol. The molecule has 0 N–H and O–H groups in total. The van der Waals surface area contributed by atoms with Gasteiger partial charge in [0.25, 0.3) is 10.1 Å². The van der Waals surface area contributed by atoms with Crippen LogP contribution in [-0.2, 0) is 14.3 Å². The maximum Gasteiger partial charge on any atom is 0.266 e. The Kier molecular flexibility index (Phi) is 5.21. The Morgan fingerprint density at radius 3 is 1.88 bits per heavy atom. The van der Waals surface area contributed by atoms with Gasteiger partial charge in [-0.2, -0.15) is 8.42 Å². The van der Waals surface area contributed by atoms with Crippen molar-refractivity contribution in [1.82, 2.24) is 0 Å². The highest BCUT2D eigenvalue weighted by Crippen LogP contribution is 1.85. The molecule has 0 aromatic rings. The molecule has 0 rings (SSSR count). The van der Waals surface area contributed by atoms with E-state index in [2.05, 4.69) is 4.18 Å². The molecule has 0 heterocycles. The van der Waals surface area contributed by atoms with Gasteiger partial charge in [-0.25, -0.2) is 0 Å². The summed E-state index contributed by atoms with van der Waals surface area (Å²) in [6.45, 7) is 1.53. The summed E-state index contributed by atoms with van der Waals surface area (Å²) in [6, 6.07) is 0. The van der Waals surface area contributed by atoms with Crippen LogP contribution in [0.1, 0.15) is 14.4 Å². The fourth-order valence-corrected chi connectivity index (χ4v) is 0.354. The van der Waals surface area contributed by atoms with Crippen molar-refractivity contribution in [2.45, 2.75) is 14.4 Å². The van der Waals surface area contributed by atoms with E-state index in [1.54, 1.807) is 0 Å². The molecule has 52 valence electrons. The predicted octanol–water partition coefficient (Wildman–Crippen LogP) is 0.619. The first-order valence-corrected chi connectivity index (χ1v) is 3.48. The standard InChI is InChI=1S/C3H8O3S.CH4/c1-3-7(4,5)6-2;/h3H2,1-2H3;1H4. The number of hydrogen-bond acceptors (Lipinski definition) is 3. The zero-order chi connectivity index (χ0) is 5.91. The van der Waals surface area contributed by atoms with Gasteiger partial charge in [0.15, 0.2) is 0 Å². The summed E-state index contributed by atoms with van der Waals surface area (Å²) in [4.78, 5) is 0. The number of rotatable bonds is 2. The molecule has 0 radical (unpaired) electrons. The minimum absolute atomic E-state index is 0. The molecule has 0 aliphatic heterocycles. The van der Waals surface area contributed by atoms with Crippen molar-refractivity contribution in [1.29, 1.82) is 0 Å². The Hall–Kier alpha value is -0.0900. The lowest BCUT2D eigenvalue weighted by Crippen LogP contribution is -2.03. The van der Waals surface area contributed by atoms with E-state index in [1.165, 1.54) is 6.92 Å². The van der Waals surface area contributed by atoms with Gasteiger partial charge in [-0.1, -0.05) is 7.43 Å². The van der Waals surface area contributed by atoms with Crippen LogP contribution >= 0.6 is 0 Å². The van der Waals surface area contributed by atoms with Gasteiger partial charge in [0, 0.05) is 0 Å². The second kappa shape index (κ2) is 3.86. The summed E-state index contributed by atoms with van der Waals surface area (Å²) in [6.07, 6.45) is 0.